The van der Waals surface area contributed by atoms with Crippen LogP contribution in [0.25, 0.3) is 11.4 Å². The fourth-order valence-electron chi connectivity index (χ4n) is 3.14. The molecule has 1 aliphatic heterocycles. The molecule has 0 spiro atoms. The van der Waals surface area contributed by atoms with Gasteiger partial charge in [-0.1, -0.05) is 16.9 Å². The van der Waals surface area contributed by atoms with Gasteiger partial charge in [0.25, 0.3) is 0 Å². The predicted molar refractivity (Wildman–Crippen MR) is 106 cm³/mol. The van der Waals surface area contributed by atoms with Gasteiger partial charge >= 0.3 is 0 Å². The van der Waals surface area contributed by atoms with Crippen molar-refractivity contribution in [3.8, 4) is 11.4 Å². The highest BCUT2D eigenvalue weighted by molar-refractivity contribution is 7.99. The SMILES string of the molecule is Cc1noc(C(C)Sc2nnc(-c3ccc(F)cc3)n2CCN2CCOCC2)n1. The molecule has 1 aliphatic rings. The zero-order chi connectivity index (χ0) is 20.2. The summed E-state index contributed by atoms with van der Waals surface area (Å²) in [6.45, 7) is 8.69. The van der Waals surface area contributed by atoms with Gasteiger partial charge in [-0.2, -0.15) is 4.98 Å². The number of nitrogens with zero attached hydrogens (tertiary/aromatic N) is 6. The third-order valence-electron chi connectivity index (χ3n) is 4.74. The molecule has 0 aliphatic carbocycles. The van der Waals surface area contributed by atoms with Crippen LogP contribution in [0.5, 0.6) is 0 Å². The van der Waals surface area contributed by atoms with Crippen molar-refractivity contribution in [1.82, 2.24) is 29.8 Å². The van der Waals surface area contributed by atoms with Crippen molar-refractivity contribution in [2.24, 2.45) is 0 Å². The summed E-state index contributed by atoms with van der Waals surface area (Å²) in [6.07, 6.45) is 0. The van der Waals surface area contributed by atoms with Gasteiger partial charge in [0.2, 0.25) is 5.89 Å². The molecule has 0 radical (unpaired) electrons. The van der Waals surface area contributed by atoms with Crippen LogP contribution in [0.3, 0.4) is 0 Å². The molecule has 1 unspecified atom stereocenters. The Morgan fingerprint density at radius 1 is 1.14 bits per heavy atom. The van der Waals surface area contributed by atoms with Gasteiger partial charge in [-0.15, -0.1) is 10.2 Å². The Balaban J connectivity index is 1.58. The lowest BCUT2D eigenvalue weighted by Crippen LogP contribution is -2.38. The summed E-state index contributed by atoms with van der Waals surface area (Å²) in [7, 11) is 0. The molecule has 1 aromatic carbocycles. The standard InChI is InChI=1S/C19H23FN6O2S/c1-13(18-21-14(2)24-28-18)29-19-23-22-17(15-3-5-16(20)6-4-15)26(19)8-7-25-9-11-27-12-10-25/h3-6,13H,7-12H2,1-2H3. The molecular weight excluding hydrogens is 395 g/mol. The first kappa shape index (κ1) is 20.0. The monoisotopic (exact) mass is 418 g/mol. The third kappa shape index (κ3) is 4.82. The number of ether oxygens (including phenoxy) is 1. The van der Waals surface area contributed by atoms with Gasteiger partial charge in [-0.25, -0.2) is 4.39 Å². The molecule has 3 aromatic rings. The first-order valence-corrected chi connectivity index (χ1v) is 10.4. The minimum Gasteiger partial charge on any atom is -0.379 e. The summed E-state index contributed by atoms with van der Waals surface area (Å²) >= 11 is 1.52. The zero-order valence-corrected chi connectivity index (χ0v) is 17.2. The lowest BCUT2D eigenvalue weighted by atomic mass is 10.2. The van der Waals surface area contributed by atoms with Crippen LogP contribution in [-0.2, 0) is 11.3 Å². The maximum atomic E-state index is 13.4. The number of thioether (sulfide) groups is 1. The summed E-state index contributed by atoms with van der Waals surface area (Å²) in [5.74, 6) is 1.60. The summed E-state index contributed by atoms with van der Waals surface area (Å²) in [4.78, 5) is 6.67. The van der Waals surface area contributed by atoms with Crippen LogP contribution in [0, 0.1) is 12.7 Å². The Bertz CT molecular complexity index is 939. The molecule has 8 nitrogen and oxygen atoms in total. The fourth-order valence-corrected chi connectivity index (χ4v) is 4.05. The zero-order valence-electron chi connectivity index (χ0n) is 16.4. The second-order valence-electron chi connectivity index (χ2n) is 6.86. The maximum absolute atomic E-state index is 13.4. The van der Waals surface area contributed by atoms with Gasteiger partial charge in [0.15, 0.2) is 16.8 Å². The van der Waals surface area contributed by atoms with Crippen molar-refractivity contribution >= 4 is 11.8 Å². The van der Waals surface area contributed by atoms with E-state index in [4.69, 9.17) is 9.26 Å². The number of benzene rings is 1. The van der Waals surface area contributed by atoms with E-state index in [1.807, 2.05) is 6.92 Å². The van der Waals surface area contributed by atoms with E-state index < -0.39 is 0 Å². The van der Waals surface area contributed by atoms with Gasteiger partial charge in [0.1, 0.15) is 5.82 Å². The van der Waals surface area contributed by atoms with Crippen molar-refractivity contribution in [2.45, 2.75) is 30.8 Å². The molecule has 4 rings (SSSR count). The number of aryl methyl sites for hydroxylation is 1. The molecule has 0 saturated carbocycles. The number of halogens is 1. The highest BCUT2D eigenvalue weighted by Gasteiger charge is 2.22. The van der Waals surface area contributed by atoms with Crippen molar-refractivity contribution in [1.29, 1.82) is 0 Å². The minimum atomic E-state index is -0.275. The molecule has 1 fully saturated rings. The second-order valence-corrected chi connectivity index (χ2v) is 8.17. The predicted octanol–water partition coefficient (Wildman–Crippen LogP) is 2.96. The van der Waals surface area contributed by atoms with E-state index in [-0.39, 0.29) is 11.1 Å². The minimum absolute atomic E-state index is 0.0661. The number of hydrogen-bond donors (Lipinski definition) is 0. The quantitative estimate of drug-likeness (QED) is 0.542. The second kappa shape index (κ2) is 9.02. The maximum Gasteiger partial charge on any atom is 0.239 e. The Morgan fingerprint density at radius 3 is 2.59 bits per heavy atom. The molecular formula is C19H23FN6O2S. The number of aromatic nitrogens is 5. The normalized spacial score (nSPS) is 16.2. The van der Waals surface area contributed by atoms with Gasteiger partial charge in [-0.3, -0.25) is 4.90 Å². The molecule has 2 aromatic heterocycles. The van der Waals surface area contributed by atoms with Crippen LogP contribution >= 0.6 is 11.8 Å². The number of hydrogen-bond acceptors (Lipinski definition) is 8. The molecule has 154 valence electrons. The van der Waals surface area contributed by atoms with Crippen molar-refractivity contribution in [3.63, 3.8) is 0 Å². The molecule has 0 amide bonds. The van der Waals surface area contributed by atoms with Crippen LogP contribution < -0.4 is 0 Å². The molecule has 0 bridgehead atoms. The third-order valence-corrected chi connectivity index (χ3v) is 5.80. The summed E-state index contributed by atoms with van der Waals surface area (Å²) < 4.78 is 26.2. The highest BCUT2D eigenvalue weighted by atomic mass is 32.2. The average Bonchev–Trinajstić information content (AvgIpc) is 3.34. The van der Waals surface area contributed by atoms with E-state index in [0.717, 1.165) is 55.9 Å². The van der Waals surface area contributed by atoms with Gasteiger partial charge in [0, 0.05) is 31.7 Å². The summed E-state index contributed by atoms with van der Waals surface area (Å²) in [5, 5.41) is 13.4. The Hall–Kier alpha value is -2.30. The Labute approximate surface area is 172 Å². The van der Waals surface area contributed by atoms with Gasteiger partial charge < -0.3 is 13.8 Å². The van der Waals surface area contributed by atoms with E-state index in [1.54, 1.807) is 19.1 Å². The summed E-state index contributed by atoms with van der Waals surface area (Å²) in [5.41, 5.74) is 0.828. The van der Waals surface area contributed by atoms with Crippen molar-refractivity contribution in [3.05, 3.63) is 41.8 Å². The topological polar surface area (TPSA) is 82.1 Å². The van der Waals surface area contributed by atoms with Gasteiger partial charge in [-0.05, 0) is 38.1 Å². The lowest BCUT2D eigenvalue weighted by Gasteiger charge is -2.27. The molecule has 29 heavy (non-hydrogen) atoms. The fraction of sp³-hybridized carbons (Fsp3) is 0.474. The molecule has 3 heterocycles. The molecule has 10 heteroatoms. The van der Waals surface area contributed by atoms with E-state index in [1.165, 1.54) is 23.9 Å². The molecule has 0 N–H and O–H groups in total. The van der Waals surface area contributed by atoms with Crippen LogP contribution in [0.1, 0.15) is 23.9 Å². The number of rotatable bonds is 7. The van der Waals surface area contributed by atoms with E-state index in [2.05, 4.69) is 29.8 Å². The van der Waals surface area contributed by atoms with E-state index in [9.17, 15) is 4.39 Å². The summed E-state index contributed by atoms with van der Waals surface area (Å²) in [6, 6.07) is 6.33. The van der Waals surface area contributed by atoms with Crippen LogP contribution in [0.15, 0.2) is 33.9 Å². The molecule has 1 atom stereocenters. The van der Waals surface area contributed by atoms with Crippen molar-refractivity contribution in [2.75, 3.05) is 32.8 Å². The first-order chi connectivity index (χ1) is 14.1. The van der Waals surface area contributed by atoms with Crippen LogP contribution in [-0.4, -0.2) is 62.7 Å². The molecule has 1 saturated heterocycles. The van der Waals surface area contributed by atoms with Gasteiger partial charge in [0.05, 0.1) is 18.5 Å². The Morgan fingerprint density at radius 2 is 1.90 bits per heavy atom. The van der Waals surface area contributed by atoms with Crippen LogP contribution in [0.4, 0.5) is 4.39 Å². The van der Waals surface area contributed by atoms with E-state index in [0.29, 0.717) is 11.7 Å². The highest BCUT2D eigenvalue weighted by Crippen LogP contribution is 2.34. The first-order valence-electron chi connectivity index (χ1n) is 9.56. The van der Waals surface area contributed by atoms with E-state index >= 15 is 0 Å². The largest absolute Gasteiger partial charge is 0.379 e. The smallest absolute Gasteiger partial charge is 0.239 e. The van der Waals surface area contributed by atoms with Crippen molar-refractivity contribution < 1.29 is 13.7 Å². The Kier molecular flexibility index (Phi) is 6.22. The number of morpholine rings is 1. The average molecular weight is 418 g/mol. The lowest BCUT2D eigenvalue weighted by molar-refractivity contribution is 0.0361. The van der Waals surface area contributed by atoms with Crippen LogP contribution in [0.2, 0.25) is 0 Å².